The number of pyridine rings is 1. The van der Waals surface area contributed by atoms with E-state index < -0.39 is 15.9 Å². The average molecular weight is 377 g/mol. The van der Waals surface area contributed by atoms with Gasteiger partial charge in [-0.25, -0.2) is 13.4 Å². The second-order valence-electron chi connectivity index (χ2n) is 6.36. The third-order valence-electron chi connectivity index (χ3n) is 4.55. The molecular formula is C17H23N5O3S. The third kappa shape index (κ3) is 4.47. The van der Waals surface area contributed by atoms with E-state index in [1.54, 1.807) is 31.8 Å². The van der Waals surface area contributed by atoms with E-state index in [-0.39, 0.29) is 17.4 Å². The van der Waals surface area contributed by atoms with Crippen LogP contribution in [0, 0.1) is 0 Å². The number of hydrogen-bond donors (Lipinski definition) is 1. The van der Waals surface area contributed by atoms with Crippen molar-refractivity contribution in [2.24, 2.45) is 0 Å². The summed E-state index contributed by atoms with van der Waals surface area (Å²) in [6.45, 7) is 3.51. The van der Waals surface area contributed by atoms with Crippen LogP contribution in [0.2, 0.25) is 0 Å². The van der Waals surface area contributed by atoms with Crippen LogP contribution in [0.3, 0.4) is 0 Å². The summed E-state index contributed by atoms with van der Waals surface area (Å²) in [7, 11) is -3.04. The standard InChI is InChI=1S/C17H23N5O3S/c1-2-26(24,25)7-6-21-11-15-10-19-13-22(15)16(12-21)17(23)20-9-14-4-3-5-18-8-14/h3-5,8,10,13,16H,2,6-7,9,11-12H2,1H3,(H,20,23)/t16-/m1/s1. The number of sulfone groups is 1. The predicted molar refractivity (Wildman–Crippen MR) is 97.0 cm³/mol. The lowest BCUT2D eigenvalue weighted by Crippen LogP contribution is -2.45. The Morgan fingerprint density at radius 2 is 2.19 bits per heavy atom. The molecule has 1 atom stereocenters. The number of hydrogen-bond acceptors (Lipinski definition) is 6. The molecule has 3 heterocycles. The minimum Gasteiger partial charge on any atom is -0.350 e. The van der Waals surface area contributed by atoms with E-state index in [1.165, 1.54) is 0 Å². The van der Waals surface area contributed by atoms with Crippen LogP contribution in [-0.2, 0) is 27.7 Å². The Labute approximate surface area is 153 Å². The summed E-state index contributed by atoms with van der Waals surface area (Å²) in [4.78, 5) is 22.9. The van der Waals surface area contributed by atoms with Gasteiger partial charge < -0.3 is 9.88 Å². The lowest BCUT2D eigenvalue weighted by Gasteiger charge is -2.33. The molecule has 0 saturated heterocycles. The molecule has 0 fully saturated rings. The summed E-state index contributed by atoms with van der Waals surface area (Å²) in [6.07, 6.45) is 6.78. The number of imidazole rings is 1. The predicted octanol–water partition coefficient (Wildman–Crippen LogP) is 0.386. The molecule has 0 radical (unpaired) electrons. The summed E-state index contributed by atoms with van der Waals surface area (Å²) >= 11 is 0. The van der Waals surface area contributed by atoms with Gasteiger partial charge in [0.05, 0.1) is 17.8 Å². The van der Waals surface area contributed by atoms with Gasteiger partial charge in [-0.15, -0.1) is 0 Å². The molecule has 2 aromatic heterocycles. The molecule has 26 heavy (non-hydrogen) atoms. The topological polar surface area (TPSA) is 97.2 Å². The fourth-order valence-electron chi connectivity index (χ4n) is 2.96. The molecular weight excluding hydrogens is 354 g/mol. The van der Waals surface area contributed by atoms with Crippen LogP contribution < -0.4 is 5.32 Å². The van der Waals surface area contributed by atoms with E-state index >= 15 is 0 Å². The first-order valence-corrected chi connectivity index (χ1v) is 10.4. The van der Waals surface area contributed by atoms with E-state index in [4.69, 9.17) is 0 Å². The Hall–Kier alpha value is -2.26. The number of aromatic nitrogens is 3. The normalized spacial score (nSPS) is 17.7. The second kappa shape index (κ2) is 7.96. The first kappa shape index (κ1) is 18.5. The summed E-state index contributed by atoms with van der Waals surface area (Å²) in [6, 6.07) is 3.30. The van der Waals surface area contributed by atoms with Gasteiger partial charge >= 0.3 is 0 Å². The average Bonchev–Trinajstić information content (AvgIpc) is 3.13. The number of rotatable bonds is 7. The molecule has 1 N–H and O–H groups in total. The van der Waals surface area contributed by atoms with E-state index in [0.717, 1.165) is 11.3 Å². The fraction of sp³-hybridized carbons (Fsp3) is 0.471. The highest BCUT2D eigenvalue weighted by atomic mass is 32.2. The highest BCUT2D eigenvalue weighted by Gasteiger charge is 2.30. The van der Waals surface area contributed by atoms with Crippen molar-refractivity contribution in [2.75, 3.05) is 24.6 Å². The zero-order valence-electron chi connectivity index (χ0n) is 14.7. The van der Waals surface area contributed by atoms with Crippen LogP contribution >= 0.6 is 0 Å². The van der Waals surface area contributed by atoms with Crippen LogP contribution in [0.15, 0.2) is 37.1 Å². The maximum Gasteiger partial charge on any atom is 0.244 e. The first-order valence-electron chi connectivity index (χ1n) is 8.58. The van der Waals surface area contributed by atoms with Crippen molar-refractivity contribution >= 4 is 15.7 Å². The van der Waals surface area contributed by atoms with Crippen molar-refractivity contribution in [1.82, 2.24) is 24.8 Å². The van der Waals surface area contributed by atoms with E-state index in [2.05, 4.69) is 15.3 Å². The quantitative estimate of drug-likeness (QED) is 0.750. The first-order chi connectivity index (χ1) is 12.5. The van der Waals surface area contributed by atoms with Crippen LogP contribution in [0.5, 0.6) is 0 Å². The zero-order valence-corrected chi connectivity index (χ0v) is 15.5. The molecule has 2 aromatic rings. The smallest absolute Gasteiger partial charge is 0.244 e. The molecule has 0 aliphatic carbocycles. The molecule has 0 aromatic carbocycles. The third-order valence-corrected chi connectivity index (χ3v) is 6.23. The van der Waals surface area contributed by atoms with Gasteiger partial charge in [0.1, 0.15) is 6.04 Å². The van der Waals surface area contributed by atoms with E-state index in [0.29, 0.717) is 26.2 Å². The van der Waals surface area contributed by atoms with Crippen molar-refractivity contribution in [3.8, 4) is 0 Å². The van der Waals surface area contributed by atoms with Gasteiger partial charge in [0.2, 0.25) is 5.91 Å². The summed E-state index contributed by atoms with van der Waals surface area (Å²) in [5.41, 5.74) is 1.83. The van der Waals surface area contributed by atoms with Gasteiger partial charge in [0.25, 0.3) is 0 Å². The molecule has 0 bridgehead atoms. The number of fused-ring (bicyclic) bond motifs is 1. The van der Waals surface area contributed by atoms with Crippen molar-refractivity contribution in [3.05, 3.63) is 48.3 Å². The Bertz CT molecular complexity index is 850. The van der Waals surface area contributed by atoms with Gasteiger partial charge in [-0.3, -0.25) is 14.7 Å². The summed E-state index contributed by atoms with van der Waals surface area (Å²) in [5.74, 6) is 0.117. The number of nitrogens with zero attached hydrogens (tertiary/aromatic N) is 4. The number of amides is 1. The van der Waals surface area contributed by atoms with Gasteiger partial charge in [-0.05, 0) is 11.6 Å². The van der Waals surface area contributed by atoms with Crippen LogP contribution in [0.25, 0.3) is 0 Å². The lowest BCUT2D eigenvalue weighted by atomic mass is 10.1. The van der Waals surface area contributed by atoms with Crippen molar-refractivity contribution < 1.29 is 13.2 Å². The molecule has 0 saturated carbocycles. The molecule has 3 rings (SSSR count). The molecule has 8 nitrogen and oxygen atoms in total. The molecule has 0 spiro atoms. The Kier molecular flexibility index (Phi) is 5.67. The second-order valence-corrected chi connectivity index (χ2v) is 8.83. The maximum absolute atomic E-state index is 12.7. The Morgan fingerprint density at radius 3 is 2.92 bits per heavy atom. The number of carbonyl (C=O) groups excluding carboxylic acids is 1. The minimum absolute atomic E-state index is 0.0989. The van der Waals surface area contributed by atoms with Crippen LogP contribution in [-0.4, -0.2) is 58.4 Å². The fourth-order valence-corrected chi connectivity index (χ4v) is 3.79. The highest BCUT2D eigenvalue weighted by molar-refractivity contribution is 7.91. The van der Waals surface area contributed by atoms with Gasteiger partial charge in [0, 0.05) is 50.5 Å². The Morgan fingerprint density at radius 1 is 1.35 bits per heavy atom. The van der Waals surface area contributed by atoms with Crippen molar-refractivity contribution in [1.29, 1.82) is 0 Å². The monoisotopic (exact) mass is 377 g/mol. The summed E-state index contributed by atoms with van der Waals surface area (Å²) < 4.78 is 25.4. The number of carbonyl (C=O) groups is 1. The van der Waals surface area contributed by atoms with Gasteiger partial charge in [-0.1, -0.05) is 13.0 Å². The van der Waals surface area contributed by atoms with Crippen LogP contribution in [0.1, 0.15) is 24.2 Å². The molecule has 0 unspecified atom stereocenters. The molecule has 9 heteroatoms. The van der Waals surface area contributed by atoms with E-state index in [1.807, 2.05) is 21.6 Å². The minimum atomic E-state index is -3.04. The van der Waals surface area contributed by atoms with Crippen molar-refractivity contribution in [3.63, 3.8) is 0 Å². The Balaban J connectivity index is 1.66. The summed E-state index contributed by atoms with van der Waals surface area (Å²) in [5, 5.41) is 2.93. The SMILES string of the molecule is CCS(=O)(=O)CCN1Cc2cncn2[C@@H](C(=O)NCc2cccnc2)C1. The maximum atomic E-state index is 12.7. The largest absolute Gasteiger partial charge is 0.350 e. The highest BCUT2D eigenvalue weighted by Crippen LogP contribution is 2.21. The molecule has 1 aliphatic rings. The molecule has 140 valence electrons. The van der Waals surface area contributed by atoms with Gasteiger partial charge in [0.15, 0.2) is 9.84 Å². The zero-order chi connectivity index (χ0) is 18.6. The lowest BCUT2D eigenvalue weighted by molar-refractivity contribution is -0.125. The molecule has 1 aliphatic heterocycles. The van der Waals surface area contributed by atoms with E-state index in [9.17, 15) is 13.2 Å². The number of nitrogens with one attached hydrogen (secondary N) is 1. The van der Waals surface area contributed by atoms with Crippen molar-refractivity contribution in [2.45, 2.75) is 26.1 Å². The van der Waals surface area contributed by atoms with Gasteiger partial charge in [-0.2, -0.15) is 0 Å². The van der Waals surface area contributed by atoms with Crippen LogP contribution in [0.4, 0.5) is 0 Å². The molecule has 1 amide bonds.